The first kappa shape index (κ1) is 13.0. The number of phenols is 1. The van der Waals surface area contributed by atoms with Crippen molar-refractivity contribution in [2.24, 2.45) is 0 Å². The molecule has 0 spiro atoms. The van der Waals surface area contributed by atoms with E-state index in [1.807, 2.05) is 6.07 Å². The molecule has 1 heterocycles. The first-order valence-electron chi connectivity index (χ1n) is 6.33. The van der Waals surface area contributed by atoms with Crippen molar-refractivity contribution in [1.29, 1.82) is 0 Å². The van der Waals surface area contributed by atoms with E-state index in [0.717, 1.165) is 16.5 Å². The van der Waals surface area contributed by atoms with Gasteiger partial charge in [0, 0.05) is 29.6 Å². The molecule has 0 fully saturated rings. The monoisotopic (exact) mass is 247 g/mol. The minimum Gasteiger partial charge on any atom is -0.508 e. The van der Waals surface area contributed by atoms with Crippen molar-refractivity contribution in [2.75, 3.05) is 0 Å². The van der Waals surface area contributed by atoms with E-state index < -0.39 is 5.60 Å². The molecule has 1 aromatic heterocycles. The highest BCUT2D eigenvalue weighted by atomic mass is 16.3. The average Bonchev–Trinajstić information content (AvgIpc) is 2.54. The molecule has 3 nitrogen and oxygen atoms in total. The Labute approximate surface area is 108 Å². The molecule has 2 aromatic rings. The van der Waals surface area contributed by atoms with Crippen LogP contribution >= 0.6 is 0 Å². The van der Waals surface area contributed by atoms with Crippen LogP contribution in [0.4, 0.5) is 0 Å². The summed E-state index contributed by atoms with van der Waals surface area (Å²) in [6, 6.07) is 5.76. The zero-order valence-corrected chi connectivity index (χ0v) is 11.4. The molecule has 0 atom stereocenters. The van der Waals surface area contributed by atoms with Gasteiger partial charge in [0.25, 0.3) is 0 Å². The highest BCUT2D eigenvalue weighted by molar-refractivity contribution is 5.85. The third-order valence-electron chi connectivity index (χ3n) is 3.08. The SMILES string of the molecule is CC(C)n1cc(CC(C)(C)O)c2cc(O)ccc21. The fourth-order valence-electron chi connectivity index (χ4n) is 2.35. The number of aromatic nitrogens is 1. The molecular formula is C15H21NO2. The predicted molar refractivity (Wildman–Crippen MR) is 74.0 cm³/mol. The number of aliphatic hydroxyl groups is 1. The van der Waals surface area contributed by atoms with Gasteiger partial charge in [-0.25, -0.2) is 0 Å². The Hall–Kier alpha value is -1.48. The van der Waals surface area contributed by atoms with Gasteiger partial charge in [-0.2, -0.15) is 0 Å². The molecule has 0 amide bonds. The maximum atomic E-state index is 9.98. The third-order valence-corrected chi connectivity index (χ3v) is 3.08. The number of rotatable bonds is 3. The first-order valence-corrected chi connectivity index (χ1v) is 6.33. The second-order valence-electron chi connectivity index (χ2n) is 5.85. The maximum absolute atomic E-state index is 9.98. The minimum absolute atomic E-state index is 0.265. The fourth-order valence-corrected chi connectivity index (χ4v) is 2.35. The lowest BCUT2D eigenvalue weighted by atomic mass is 9.98. The first-order chi connectivity index (χ1) is 8.28. The van der Waals surface area contributed by atoms with Crippen LogP contribution in [0.25, 0.3) is 10.9 Å². The van der Waals surface area contributed by atoms with Crippen LogP contribution in [-0.4, -0.2) is 20.4 Å². The molecule has 3 heteroatoms. The molecule has 2 N–H and O–H groups in total. The zero-order chi connectivity index (χ0) is 13.5. The van der Waals surface area contributed by atoms with Crippen LogP contribution in [0.2, 0.25) is 0 Å². The molecule has 98 valence electrons. The summed E-state index contributed by atoms with van der Waals surface area (Å²) in [5.41, 5.74) is 1.42. The molecule has 18 heavy (non-hydrogen) atoms. The van der Waals surface area contributed by atoms with Gasteiger partial charge >= 0.3 is 0 Å². The van der Waals surface area contributed by atoms with Crippen molar-refractivity contribution >= 4 is 10.9 Å². The van der Waals surface area contributed by atoms with Crippen LogP contribution in [-0.2, 0) is 6.42 Å². The van der Waals surface area contributed by atoms with E-state index in [-0.39, 0.29) is 5.75 Å². The topological polar surface area (TPSA) is 45.4 Å². The number of phenolic OH excluding ortho intramolecular Hbond substituents is 1. The Morgan fingerprint density at radius 1 is 1.28 bits per heavy atom. The molecule has 0 aliphatic heterocycles. The largest absolute Gasteiger partial charge is 0.508 e. The van der Waals surface area contributed by atoms with E-state index >= 15 is 0 Å². The van der Waals surface area contributed by atoms with Gasteiger partial charge in [-0.3, -0.25) is 0 Å². The van der Waals surface area contributed by atoms with E-state index in [0.29, 0.717) is 12.5 Å². The van der Waals surface area contributed by atoms with Crippen LogP contribution in [0, 0.1) is 0 Å². The molecule has 2 rings (SSSR count). The molecule has 0 saturated heterocycles. The van der Waals surface area contributed by atoms with Crippen molar-refractivity contribution in [1.82, 2.24) is 4.57 Å². The Morgan fingerprint density at radius 3 is 2.50 bits per heavy atom. The van der Waals surface area contributed by atoms with Crippen LogP contribution in [0.5, 0.6) is 5.75 Å². The zero-order valence-electron chi connectivity index (χ0n) is 11.4. The molecule has 0 aliphatic carbocycles. The number of hydrogen-bond acceptors (Lipinski definition) is 2. The molecule has 0 aliphatic rings. The van der Waals surface area contributed by atoms with Crippen molar-refractivity contribution in [3.63, 3.8) is 0 Å². The Kier molecular flexibility index (Phi) is 3.11. The number of nitrogens with zero attached hydrogens (tertiary/aromatic N) is 1. The quantitative estimate of drug-likeness (QED) is 0.874. The highest BCUT2D eigenvalue weighted by Crippen LogP contribution is 2.30. The van der Waals surface area contributed by atoms with Crippen LogP contribution in [0.3, 0.4) is 0 Å². The van der Waals surface area contributed by atoms with E-state index in [9.17, 15) is 10.2 Å². The van der Waals surface area contributed by atoms with E-state index in [1.165, 1.54) is 0 Å². The maximum Gasteiger partial charge on any atom is 0.116 e. The smallest absolute Gasteiger partial charge is 0.116 e. The Balaban J connectivity index is 2.62. The van der Waals surface area contributed by atoms with Crippen LogP contribution in [0.15, 0.2) is 24.4 Å². The number of hydrogen-bond donors (Lipinski definition) is 2. The van der Waals surface area contributed by atoms with Crippen LogP contribution < -0.4 is 0 Å². The summed E-state index contributed by atoms with van der Waals surface area (Å²) in [6.45, 7) is 7.85. The summed E-state index contributed by atoms with van der Waals surface area (Å²) in [5.74, 6) is 0.265. The summed E-state index contributed by atoms with van der Waals surface area (Å²) in [6.07, 6.45) is 2.65. The second kappa shape index (κ2) is 4.32. The van der Waals surface area contributed by atoms with Crippen molar-refractivity contribution in [2.45, 2.75) is 45.8 Å². The van der Waals surface area contributed by atoms with Gasteiger partial charge in [0.1, 0.15) is 5.75 Å². The molecular weight excluding hydrogens is 226 g/mol. The molecule has 0 bridgehead atoms. The van der Waals surface area contributed by atoms with Crippen LogP contribution in [0.1, 0.15) is 39.3 Å². The second-order valence-corrected chi connectivity index (χ2v) is 5.85. The standard InChI is InChI=1S/C15H21NO2/c1-10(2)16-9-11(8-15(3,4)18)13-7-12(17)5-6-14(13)16/h5-7,9-10,17-18H,8H2,1-4H3. The molecule has 0 unspecified atom stereocenters. The van der Waals surface area contributed by atoms with Crippen molar-refractivity contribution < 1.29 is 10.2 Å². The highest BCUT2D eigenvalue weighted by Gasteiger charge is 2.18. The lowest BCUT2D eigenvalue weighted by Gasteiger charge is -2.16. The van der Waals surface area contributed by atoms with Gasteiger partial charge < -0.3 is 14.8 Å². The minimum atomic E-state index is -0.748. The van der Waals surface area contributed by atoms with Crippen molar-refractivity contribution in [3.05, 3.63) is 30.0 Å². The van der Waals surface area contributed by atoms with Gasteiger partial charge in [-0.1, -0.05) is 0 Å². The lowest BCUT2D eigenvalue weighted by molar-refractivity contribution is 0.0813. The lowest BCUT2D eigenvalue weighted by Crippen LogP contribution is -2.21. The molecule has 0 saturated carbocycles. The van der Waals surface area contributed by atoms with Gasteiger partial charge in [0.05, 0.1) is 5.60 Å². The van der Waals surface area contributed by atoms with E-state index in [1.54, 1.807) is 26.0 Å². The number of benzene rings is 1. The van der Waals surface area contributed by atoms with Gasteiger partial charge in [-0.05, 0) is 51.5 Å². The van der Waals surface area contributed by atoms with E-state index in [4.69, 9.17) is 0 Å². The molecule has 0 radical (unpaired) electrons. The fraction of sp³-hybridized carbons (Fsp3) is 0.467. The van der Waals surface area contributed by atoms with E-state index in [2.05, 4.69) is 24.6 Å². The number of fused-ring (bicyclic) bond motifs is 1. The predicted octanol–water partition coefficient (Wildman–Crippen LogP) is 3.24. The normalized spacial score (nSPS) is 12.6. The summed E-state index contributed by atoms with van der Waals surface area (Å²) in [7, 11) is 0. The Morgan fingerprint density at radius 2 is 1.94 bits per heavy atom. The summed E-state index contributed by atoms with van der Waals surface area (Å²) >= 11 is 0. The summed E-state index contributed by atoms with van der Waals surface area (Å²) in [5, 5.41) is 20.6. The van der Waals surface area contributed by atoms with Crippen molar-refractivity contribution in [3.8, 4) is 5.75 Å². The molecule has 1 aromatic carbocycles. The van der Waals surface area contributed by atoms with Gasteiger partial charge in [0.2, 0.25) is 0 Å². The summed E-state index contributed by atoms with van der Waals surface area (Å²) < 4.78 is 2.18. The van der Waals surface area contributed by atoms with Gasteiger partial charge in [-0.15, -0.1) is 0 Å². The van der Waals surface area contributed by atoms with Gasteiger partial charge in [0.15, 0.2) is 0 Å². The Bertz CT molecular complexity index is 562. The summed E-state index contributed by atoms with van der Waals surface area (Å²) in [4.78, 5) is 0. The number of aromatic hydroxyl groups is 1. The third kappa shape index (κ3) is 2.51. The average molecular weight is 247 g/mol.